The molecule has 200 valence electrons. The molecule has 0 saturated carbocycles. The second kappa shape index (κ2) is 9.72. The minimum Gasteiger partial charge on any atom is -0.324 e. The highest BCUT2D eigenvalue weighted by atomic mass is 16.1. The van der Waals surface area contributed by atoms with Crippen LogP contribution in [0.5, 0.6) is 0 Å². The number of aromatic nitrogens is 3. The van der Waals surface area contributed by atoms with Gasteiger partial charge in [-0.15, -0.1) is 0 Å². The number of likely N-dealkylation sites (N-methyl/N-ethyl adjacent to an activating group) is 1. The van der Waals surface area contributed by atoms with E-state index >= 15 is 0 Å². The van der Waals surface area contributed by atoms with Gasteiger partial charge in [-0.05, 0) is 75.0 Å². The Kier molecular flexibility index (Phi) is 6.34. The van der Waals surface area contributed by atoms with E-state index in [9.17, 15) is 9.59 Å². The Balaban J connectivity index is 1.37. The zero-order valence-corrected chi connectivity index (χ0v) is 23.1. The molecule has 2 unspecified atom stereocenters. The summed E-state index contributed by atoms with van der Waals surface area (Å²) in [5.41, 5.74) is 4.19. The highest BCUT2D eigenvalue weighted by Gasteiger charge is 2.44. The van der Waals surface area contributed by atoms with Gasteiger partial charge < -0.3 is 10.2 Å². The minimum atomic E-state index is -0.777. The van der Waals surface area contributed by atoms with E-state index in [0.717, 1.165) is 28.7 Å². The van der Waals surface area contributed by atoms with Crippen LogP contribution in [0.3, 0.4) is 0 Å². The molecule has 1 aliphatic heterocycles. The molecular formula is C32H35N5O2. The zero-order valence-electron chi connectivity index (χ0n) is 23.1. The minimum absolute atomic E-state index is 0.0487. The Morgan fingerprint density at radius 2 is 1.82 bits per heavy atom. The molecule has 1 saturated heterocycles. The van der Waals surface area contributed by atoms with Gasteiger partial charge in [0, 0.05) is 40.4 Å². The van der Waals surface area contributed by atoms with Gasteiger partial charge in [-0.3, -0.25) is 14.2 Å². The number of hydrogen-bond donors (Lipinski definition) is 1. The molecule has 4 aromatic rings. The molecule has 2 aromatic carbocycles. The van der Waals surface area contributed by atoms with Crippen LogP contribution < -0.4 is 10.9 Å². The number of anilines is 2. The van der Waals surface area contributed by atoms with E-state index in [-0.39, 0.29) is 17.4 Å². The lowest BCUT2D eigenvalue weighted by Gasteiger charge is -2.39. The van der Waals surface area contributed by atoms with Crippen LogP contribution in [-0.2, 0) is 6.42 Å². The van der Waals surface area contributed by atoms with E-state index in [2.05, 4.69) is 46.5 Å². The lowest BCUT2D eigenvalue weighted by molar-refractivity contribution is 0.0724. The third kappa shape index (κ3) is 4.55. The van der Waals surface area contributed by atoms with E-state index in [0.29, 0.717) is 29.5 Å². The molecule has 2 aromatic heterocycles. The number of ketones is 1. The van der Waals surface area contributed by atoms with Gasteiger partial charge in [0.1, 0.15) is 5.65 Å². The molecular weight excluding hydrogens is 486 g/mol. The quantitative estimate of drug-likeness (QED) is 0.373. The lowest BCUT2D eigenvalue weighted by atomic mass is 9.69. The molecule has 3 heterocycles. The SMILES string of the molecule is Cc1cc2cnc(Nc3ccc(C4CCCN(C)C4)cc3)nc2n(C2Cc3ccccc3C(=O)C2(C)C)c1=O. The number of rotatable bonds is 4. The third-order valence-electron chi connectivity index (χ3n) is 8.62. The number of nitrogens with zero attached hydrogens (tertiary/aromatic N) is 4. The molecule has 1 aliphatic carbocycles. The van der Waals surface area contributed by atoms with Gasteiger partial charge in [0.25, 0.3) is 5.56 Å². The van der Waals surface area contributed by atoms with E-state index in [1.54, 1.807) is 10.8 Å². The average Bonchev–Trinajstić information content (AvgIpc) is 2.93. The number of likely N-dealkylation sites (tertiary alicyclic amines) is 1. The van der Waals surface area contributed by atoms with Crippen LogP contribution in [0.15, 0.2) is 65.6 Å². The number of pyridine rings is 1. The first kappa shape index (κ1) is 25.4. The Morgan fingerprint density at radius 1 is 1.05 bits per heavy atom. The normalized spacial score (nSPS) is 21.1. The maximum Gasteiger partial charge on any atom is 0.255 e. The first-order valence-electron chi connectivity index (χ1n) is 13.8. The molecule has 7 nitrogen and oxygen atoms in total. The summed E-state index contributed by atoms with van der Waals surface area (Å²) in [5.74, 6) is 1.02. The topological polar surface area (TPSA) is 80.1 Å². The van der Waals surface area contributed by atoms with Gasteiger partial charge in [-0.25, -0.2) is 4.98 Å². The maximum absolute atomic E-state index is 13.6. The molecule has 2 aliphatic rings. The number of piperidine rings is 1. The lowest BCUT2D eigenvalue weighted by Crippen LogP contribution is -2.44. The molecule has 0 spiro atoms. The molecule has 6 rings (SSSR count). The van der Waals surface area contributed by atoms with Gasteiger partial charge >= 0.3 is 0 Å². The molecule has 0 amide bonds. The van der Waals surface area contributed by atoms with E-state index in [1.165, 1.54) is 24.9 Å². The van der Waals surface area contributed by atoms with Crippen LogP contribution in [0.2, 0.25) is 0 Å². The number of hydrogen-bond acceptors (Lipinski definition) is 6. The molecule has 7 heteroatoms. The summed E-state index contributed by atoms with van der Waals surface area (Å²) in [6, 6.07) is 17.7. The Bertz CT molecular complexity index is 1620. The molecule has 1 fully saturated rings. The zero-order chi connectivity index (χ0) is 27.3. The summed E-state index contributed by atoms with van der Waals surface area (Å²) in [6.45, 7) is 7.92. The van der Waals surface area contributed by atoms with Gasteiger partial charge in [0.15, 0.2) is 5.78 Å². The number of carbonyl (C=O) groups excluding carboxylic acids is 1. The molecule has 39 heavy (non-hydrogen) atoms. The van der Waals surface area contributed by atoms with Crippen LogP contribution in [0, 0.1) is 12.3 Å². The molecule has 0 radical (unpaired) electrons. The summed E-state index contributed by atoms with van der Waals surface area (Å²) >= 11 is 0. The van der Waals surface area contributed by atoms with E-state index in [1.807, 2.05) is 51.1 Å². The van der Waals surface area contributed by atoms with Crippen molar-refractivity contribution in [2.24, 2.45) is 5.41 Å². The van der Waals surface area contributed by atoms with Crippen molar-refractivity contribution in [3.8, 4) is 0 Å². The Hall–Kier alpha value is -3.84. The summed E-state index contributed by atoms with van der Waals surface area (Å²) in [4.78, 5) is 39.0. The summed E-state index contributed by atoms with van der Waals surface area (Å²) in [6.07, 6.45) is 4.78. The van der Waals surface area contributed by atoms with Crippen LogP contribution in [-0.4, -0.2) is 45.4 Å². The monoisotopic (exact) mass is 521 g/mol. The predicted octanol–water partition coefficient (Wildman–Crippen LogP) is 5.66. The number of fused-ring (bicyclic) bond motifs is 2. The molecule has 1 N–H and O–H groups in total. The molecule has 0 bridgehead atoms. The van der Waals surface area contributed by atoms with Crippen molar-refractivity contribution in [2.45, 2.75) is 52.0 Å². The summed E-state index contributed by atoms with van der Waals surface area (Å²) in [5, 5.41) is 4.10. The van der Waals surface area contributed by atoms with Crippen molar-refractivity contribution in [3.63, 3.8) is 0 Å². The first-order valence-corrected chi connectivity index (χ1v) is 13.8. The summed E-state index contributed by atoms with van der Waals surface area (Å²) in [7, 11) is 2.18. The van der Waals surface area contributed by atoms with Crippen molar-refractivity contribution in [1.82, 2.24) is 19.4 Å². The van der Waals surface area contributed by atoms with Crippen LogP contribution >= 0.6 is 0 Å². The number of benzene rings is 2. The van der Waals surface area contributed by atoms with E-state index in [4.69, 9.17) is 4.98 Å². The van der Waals surface area contributed by atoms with Crippen molar-refractivity contribution in [2.75, 3.05) is 25.5 Å². The van der Waals surface area contributed by atoms with Crippen molar-refractivity contribution in [3.05, 3.63) is 93.4 Å². The average molecular weight is 522 g/mol. The number of nitrogens with one attached hydrogen (secondary N) is 1. The fourth-order valence-electron chi connectivity index (χ4n) is 6.31. The smallest absolute Gasteiger partial charge is 0.255 e. The Labute approximate surface area is 228 Å². The van der Waals surface area contributed by atoms with Crippen molar-refractivity contribution < 1.29 is 4.79 Å². The van der Waals surface area contributed by atoms with E-state index < -0.39 is 5.41 Å². The summed E-state index contributed by atoms with van der Waals surface area (Å²) < 4.78 is 1.73. The van der Waals surface area contributed by atoms with Crippen molar-refractivity contribution >= 4 is 28.5 Å². The number of aryl methyl sites for hydroxylation is 1. The third-order valence-corrected chi connectivity index (χ3v) is 8.62. The largest absolute Gasteiger partial charge is 0.324 e. The van der Waals surface area contributed by atoms with Crippen molar-refractivity contribution in [1.29, 1.82) is 0 Å². The predicted molar refractivity (Wildman–Crippen MR) is 155 cm³/mol. The number of carbonyl (C=O) groups is 1. The van der Waals surface area contributed by atoms with Crippen LogP contribution in [0.4, 0.5) is 11.6 Å². The molecule has 2 atom stereocenters. The standard InChI is InChI=1S/C32H35N5O2/c1-20-16-24-18-33-31(34-25-13-11-21(12-14-25)23-9-7-15-36(4)19-23)35-29(24)37(30(20)39)27-17-22-8-5-6-10-26(22)28(38)32(27,2)3/h5-6,8,10-14,16,18,23,27H,7,9,15,17,19H2,1-4H3,(H,33,34,35). The second-order valence-electron chi connectivity index (χ2n) is 11.8. The highest BCUT2D eigenvalue weighted by Crippen LogP contribution is 2.43. The van der Waals surface area contributed by atoms with Crippen LogP contribution in [0.25, 0.3) is 11.0 Å². The van der Waals surface area contributed by atoms with Gasteiger partial charge in [0.2, 0.25) is 5.95 Å². The first-order chi connectivity index (χ1) is 18.7. The van der Waals surface area contributed by atoms with Gasteiger partial charge in [-0.2, -0.15) is 4.98 Å². The Morgan fingerprint density at radius 3 is 2.59 bits per heavy atom. The van der Waals surface area contributed by atoms with Gasteiger partial charge in [0.05, 0.1) is 6.04 Å². The maximum atomic E-state index is 13.6. The van der Waals surface area contributed by atoms with Crippen LogP contribution in [0.1, 0.15) is 65.7 Å². The fourth-order valence-corrected chi connectivity index (χ4v) is 6.31. The fraction of sp³-hybridized carbons (Fsp3) is 0.375. The number of Topliss-reactive ketones (excluding diaryl/α,β-unsaturated/α-hetero) is 1. The second-order valence-corrected chi connectivity index (χ2v) is 11.8. The highest BCUT2D eigenvalue weighted by molar-refractivity contribution is 6.03. The van der Waals surface area contributed by atoms with Gasteiger partial charge in [-0.1, -0.05) is 50.2 Å².